The van der Waals surface area contributed by atoms with Crippen LogP contribution in [0.4, 0.5) is 11.4 Å². The summed E-state index contributed by atoms with van der Waals surface area (Å²) in [6.07, 6.45) is 0.168. The SMILES string of the molecule is COc1cc(NNC(=O)[C@@H]2CC(=O)N(c3ccc(C)c(C)c3)C2)ccc1OCc1ccc(Cl)cc1. The Labute approximate surface area is 210 Å². The van der Waals surface area contributed by atoms with Gasteiger partial charge in [-0.2, -0.15) is 0 Å². The Bertz CT molecular complexity index is 1230. The van der Waals surface area contributed by atoms with E-state index in [1.54, 1.807) is 30.2 Å². The Balaban J connectivity index is 1.33. The molecule has 0 aromatic heterocycles. The number of ether oxygens (including phenoxy) is 2. The van der Waals surface area contributed by atoms with Crippen molar-refractivity contribution < 1.29 is 19.1 Å². The standard InChI is InChI=1S/C27H28ClN3O4/c1-17-4-10-23(12-18(17)2)31-15-20(13-26(31)32)27(33)30-29-22-9-11-24(25(14-22)34-3)35-16-19-5-7-21(28)8-6-19/h4-12,14,20,29H,13,15-16H2,1-3H3,(H,30,33)/t20-/m1/s1. The minimum absolute atomic E-state index is 0.0581. The van der Waals surface area contributed by atoms with Gasteiger partial charge in [-0.05, 0) is 66.9 Å². The van der Waals surface area contributed by atoms with Crippen molar-refractivity contribution >= 4 is 34.8 Å². The van der Waals surface area contributed by atoms with Gasteiger partial charge in [-0.25, -0.2) is 0 Å². The van der Waals surface area contributed by atoms with Gasteiger partial charge in [-0.1, -0.05) is 29.8 Å². The molecular weight excluding hydrogens is 466 g/mol. The van der Waals surface area contributed by atoms with Gasteiger partial charge in [0.2, 0.25) is 11.8 Å². The molecule has 7 nitrogen and oxygen atoms in total. The number of aryl methyl sites for hydroxylation is 2. The third-order valence-electron chi connectivity index (χ3n) is 6.10. The molecule has 3 aromatic carbocycles. The van der Waals surface area contributed by atoms with Crippen LogP contribution in [0, 0.1) is 19.8 Å². The maximum Gasteiger partial charge on any atom is 0.243 e. The van der Waals surface area contributed by atoms with E-state index in [0.29, 0.717) is 35.4 Å². The van der Waals surface area contributed by atoms with Gasteiger partial charge in [0.1, 0.15) is 6.61 Å². The molecule has 0 radical (unpaired) electrons. The van der Waals surface area contributed by atoms with Crippen molar-refractivity contribution in [3.8, 4) is 11.5 Å². The number of hydrazine groups is 1. The van der Waals surface area contributed by atoms with E-state index in [9.17, 15) is 9.59 Å². The van der Waals surface area contributed by atoms with Crippen molar-refractivity contribution in [2.45, 2.75) is 26.9 Å². The normalized spacial score (nSPS) is 15.1. The van der Waals surface area contributed by atoms with Gasteiger partial charge in [-0.15, -0.1) is 0 Å². The molecule has 8 heteroatoms. The lowest BCUT2D eigenvalue weighted by molar-refractivity contribution is -0.125. The van der Waals surface area contributed by atoms with Crippen LogP contribution in [-0.4, -0.2) is 25.5 Å². The minimum atomic E-state index is -0.444. The highest BCUT2D eigenvalue weighted by Gasteiger charge is 2.35. The Morgan fingerprint density at radius 1 is 1.03 bits per heavy atom. The molecule has 0 aliphatic carbocycles. The average Bonchev–Trinajstić information content (AvgIpc) is 3.25. The summed E-state index contributed by atoms with van der Waals surface area (Å²) < 4.78 is 11.3. The largest absolute Gasteiger partial charge is 0.493 e. The monoisotopic (exact) mass is 493 g/mol. The van der Waals surface area contributed by atoms with E-state index in [1.165, 1.54) is 0 Å². The smallest absolute Gasteiger partial charge is 0.243 e. The van der Waals surface area contributed by atoms with Crippen LogP contribution >= 0.6 is 11.6 Å². The number of anilines is 2. The lowest BCUT2D eigenvalue weighted by atomic mass is 10.1. The molecule has 0 spiro atoms. The molecule has 35 heavy (non-hydrogen) atoms. The lowest BCUT2D eigenvalue weighted by Crippen LogP contribution is -2.36. The summed E-state index contributed by atoms with van der Waals surface area (Å²) in [6.45, 7) is 4.75. The summed E-state index contributed by atoms with van der Waals surface area (Å²) in [7, 11) is 1.55. The van der Waals surface area contributed by atoms with Crippen molar-refractivity contribution in [3.63, 3.8) is 0 Å². The number of carbonyl (C=O) groups is 2. The van der Waals surface area contributed by atoms with E-state index < -0.39 is 5.92 Å². The minimum Gasteiger partial charge on any atom is -0.493 e. The average molecular weight is 494 g/mol. The van der Waals surface area contributed by atoms with E-state index in [-0.39, 0.29) is 18.2 Å². The molecule has 1 heterocycles. The Hall–Kier alpha value is -3.71. The fraction of sp³-hybridized carbons (Fsp3) is 0.259. The molecule has 2 N–H and O–H groups in total. The number of hydrogen-bond acceptors (Lipinski definition) is 5. The molecule has 182 valence electrons. The summed E-state index contributed by atoms with van der Waals surface area (Å²) in [4.78, 5) is 27.0. The maximum absolute atomic E-state index is 12.7. The first-order valence-electron chi connectivity index (χ1n) is 11.3. The van der Waals surface area contributed by atoms with Crippen LogP contribution in [0.25, 0.3) is 0 Å². The molecule has 2 amide bonds. The Morgan fingerprint density at radius 2 is 1.80 bits per heavy atom. The predicted octanol–water partition coefficient (Wildman–Crippen LogP) is 5.04. The number of halogens is 1. The van der Waals surface area contributed by atoms with Crippen molar-refractivity contribution in [2.24, 2.45) is 5.92 Å². The van der Waals surface area contributed by atoms with Crippen LogP contribution in [-0.2, 0) is 16.2 Å². The molecule has 0 saturated carbocycles. The zero-order valence-corrected chi connectivity index (χ0v) is 20.7. The fourth-order valence-electron chi connectivity index (χ4n) is 3.87. The second-order valence-electron chi connectivity index (χ2n) is 8.57. The molecule has 1 atom stereocenters. The van der Waals surface area contributed by atoms with Crippen molar-refractivity contribution in [2.75, 3.05) is 24.0 Å². The van der Waals surface area contributed by atoms with Crippen LogP contribution < -0.4 is 25.2 Å². The number of rotatable bonds is 8. The highest BCUT2D eigenvalue weighted by atomic mass is 35.5. The number of amides is 2. The van der Waals surface area contributed by atoms with Gasteiger partial charge < -0.3 is 14.4 Å². The van der Waals surface area contributed by atoms with Crippen molar-refractivity contribution in [3.05, 3.63) is 82.4 Å². The van der Waals surface area contributed by atoms with E-state index in [4.69, 9.17) is 21.1 Å². The highest BCUT2D eigenvalue weighted by Crippen LogP contribution is 2.31. The van der Waals surface area contributed by atoms with Crippen LogP contribution in [0.15, 0.2) is 60.7 Å². The first kappa shape index (κ1) is 24.4. The number of methoxy groups -OCH3 is 1. The number of nitrogens with zero attached hydrogens (tertiary/aromatic N) is 1. The highest BCUT2D eigenvalue weighted by molar-refractivity contribution is 6.30. The summed E-state index contributed by atoms with van der Waals surface area (Å²) in [6, 6.07) is 18.6. The summed E-state index contributed by atoms with van der Waals surface area (Å²) in [5.41, 5.74) is 10.3. The predicted molar refractivity (Wildman–Crippen MR) is 137 cm³/mol. The topological polar surface area (TPSA) is 79.9 Å². The zero-order valence-electron chi connectivity index (χ0n) is 19.9. The van der Waals surface area contributed by atoms with Gasteiger partial charge >= 0.3 is 0 Å². The number of benzene rings is 3. The van der Waals surface area contributed by atoms with Crippen LogP contribution in [0.1, 0.15) is 23.1 Å². The second-order valence-corrected chi connectivity index (χ2v) is 9.01. The third-order valence-corrected chi connectivity index (χ3v) is 6.35. The van der Waals surface area contributed by atoms with Gasteiger partial charge in [-0.3, -0.25) is 20.4 Å². The zero-order chi connectivity index (χ0) is 24.9. The first-order valence-corrected chi connectivity index (χ1v) is 11.7. The number of nitrogens with one attached hydrogen (secondary N) is 2. The van der Waals surface area contributed by atoms with Gasteiger partial charge in [0, 0.05) is 29.7 Å². The molecule has 1 saturated heterocycles. The van der Waals surface area contributed by atoms with E-state index in [2.05, 4.69) is 10.9 Å². The van der Waals surface area contributed by atoms with E-state index in [0.717, 1.165) is 22.4 Å². The van der Waals surface area contributed by atoms with E-state index in [1.807, 2.05) is 56.3 Å². The molecule has 0 unspecified atom stereocenters. The molecule has 4 rings (SSSR count). The van der Waals surface area contributed by atoms with Gasteiger partial charge in [0.15, 0.2) is 11.5 Å². The summed E-state index contributed by atoms with van der Waals surface area (Å²) >= 11 is 5.92. The number of hydrogen-bond donors (Lipinski definition) is 2. The lowest BCUT2D eigenvalue weighted by Gasteiger charge is -2.18. The quantitative estimate of drug-likeness (QED) is 0.430. The number of carbonyl (C=O) groups excluding carboxylic acids is 2. The van der Waals surface area contributed by atoms with Crippen molar-refractivity contribution in [1.29, 1.82) is 0 Å². The van der Waals surface area contributed by atoms with E-state index >= 15 is 0 Å². The van der Waals surface area contributed by atoms with Crippen LogP contribution in [0.3, 0.4) is 0 Å². The molecule has 1 fully saturated rings. The summed E-state index contributed by atoms with van der Waals surface area (Å²) in [5, 5.41) is 0.670. The third kappa shape index (κ3) is 5.87. The van der Waals surface area contributed by atoms with Crippen LogP contribution in [0.2, 0.25) is 5.02 Å². The molecule has 0 bridgehead atoms. The maximum atomic E-state index is 12.7. The Morgan fingerprint density at radius 3 is 2.51 bits per heavy atom. The molecule has 1 aliphatic rings. The summed E-state index contributed by atoms with van der Waals surface area (Å²) in [5.74, 6) is 0.351. The molecular formula is C27H28ClN3O4. The molecule has 3 aromatic rings. The fourth-order valence-corrected chi connectivity index (χ4v) is 3.99. The molecule has 1 aliphatic heterocycles. The first-order chi connectivity index (χ1) is 16.8. The Kier molecular flexibility index (Phi) is 7.46. The van der Waals surface area contributed by atoms with Crippen molar-refractivity contribution in [1.82, 2.24) is 5.43 Å². The van der Waals surface area contributed by atoms with Gasteiger partial charge in [0.25, 0.3) is 0 Å². The van der Waals surface area contributed by atoms with Gasteiger partial charge in [0.05, 0.1) is 18.7 Å². The van der Waals surface area contributed by atoms with Crippen LogP contribution in [0.5, 0.6) is 11.5 Å². The second kappa shape index (κ2) is 10.7.